The fraction of sp³-hybridized carbons (Fsp3) is 0.714. The van der Waals surface area contributed by atoms with Crippen molar-refractivity contribution in [3.05, 3.63) is 35.9 Å². The number of hydrogen-bond acceptors (Lipinski definition) is 4. The molecule has 4 heterocycles. The minimum atomic E-state index is 0.252. The number of hydrogen-bond donors (Lipinski definition) is 0. The lowest BCUT2D eigenvalue weighted by Gasteiger charge is -2.57. The lowest BCUT2D eigenvalue weighted by Crippen LogP contribution is -2.65. The maximum atomic E-state index is 13.6. The maximum Gasteiger partial charge on any atom is 0.223 e. The average molecular weight is 468 g/mol. The molecule has 4 aliphatic rings. The molecule has 6 heteroatoms. The number of morpholine rings is 1. The van der Waals surface area contributed by atoms with Crippen molar-refractivity contribution in [2.45, 2.75) is 69.9 Å². The van der Waals surface area contributed by atoms with Crippen molar-refractivity contribution >= 4 is 11.8 Å². The van der Waals surface area contributed by atoms with Gasteiger partial charge in [-0.1, -0.05) is 30.3 Å². The van der Waals surface area contributed by atoms with Crippen molar-refractivity contribution in [2.24, 2.45) is 11.8 Å². The third-order valence-electron chi connectivity index (χ3n) is 8.72. The molecule has 1 aromatic carbocycles. The summed E-state index contributed by atoms with van der Waals surface area (Å²) >= 11 is 0. The zero-order valence-electron chi connectivity index (χ0n) is 20.6. The summed E-state index contributed by atoms with van der Waals surface area (Å²) in [6.45, 7) is 6.09. The third-order valence-corrected chi connectivity index (χ3v) is 8.72. The molecule has 0 unspecified atom stereocenters. The first kappa shape index (κ1) is 23.8. The Bertz CT molecular complexity index is 823. The van der Waals surface area contributed by atoms with Crippen LogP contribution in [0.4, 0.5) is 0 Å². The van der Waals surface area contributed by atoms with Gasteiger partial charge in [-0.2, -0.15) is 0 Å². The van der Waals surface area contributed by atoms with E-state index in [-0.39, 0.29) is 11.9 Å². The van der Waals surface area contributed by atoms with Crippen molar-refractivity contribution in [1.29, 1.82) is 0 Å². The van der Waals surface area contributed by atoms with Gasteiger partial charge in [-0.25, -0.2) is 0 Å². The Morgan fingerprint density at radius 3 is 2.47 bits per heavy atom. The van der Waals surface area contributed by atoms with Gasteiger partial charge in [0, 0.05) is 44.6 Å². The summed E-state index contributed by atoms with van der Waals surface area (Å²) in [5.41, 5.74) is 1.24. The van der Waals surface area contributed by atoms with Gasteiger partial charge >= 0.3 is 0 Å². The largest absolute Gasteiger partial charge is 0.378 e. The number of piperidine rings is 3. The van der Waals surface area contributed by atoms with E-state index < -0.39 is 0 Å². The van der Waals surface area contributed by atoms with Gasteiger partial charge in [0.25, 0.3) is 0 Å². The second-order valence-corrected chi connectivity index (χ2v) is 10.7. The molecule has 0 radical (unpaired) electrons. The molecule has 34 heavy (non-hydrogen) atoms. The summed E-state index contributed by atoms with van der Waals surface area (Å²) in [6, 6.07) is 11.3. The Morgan fingerprint density at radius 2 is 1.68 bits per heavy atom. The van der Waals surface area contributed by atoms with E-state index >= 15 is 0 Å². The SMILES string of the molecule is O=C(CCC[C@@H]1[C@H]2CCCN3CCC[C@@H](CN1C(=O)CCc1ccccc1)[C@@H]23)N1CCOCC1. The number of nitrogens with zero attached hydrogens (tertiary/aromatic N) is 3. The molecule has 1 aromatic rings. The standard InChI is InChI=1S/C28H41N3O3/c32-26(29-17-19-34-20-18-29)12-4-11-25-24-10-6-16-30-15-5-9-23(28(24)30)21-31(25)27(33)14-13-22-7-2-1-3-8-22/h1-3,7-8,23-25,28H,4-6,9-21H2/t23-,24+,25+,28-/m0/s1. The fourth-order valence-electron chi connectivity index (χ4n) is 7.12. The van der Waals surface area contributed by atoms with Gasteiger partial charge in [-0.05, 0) is 75.4 Å². The van der Waals surface area contributed by atoms with E-state index in [0.717, 1.165) is 25.8 Å². The van der Waals surface area contributed by atoms with Gasteiger partial charge in [-0.15, -0.1) is 0 Å². The summed E-state index contributed by atoms with van der Waals surface area (Å²) < 4.78 is 5.40. The summed E-state index contributed by atoms with van der Waals surface area (Å²) in [5.74, 6) is 1.74. The Hall–Kier alpha value is -1.92. The van der Waals surface area contributed by atoms with Crippen LogP contribution < -0.4 is 0 Å². The molecule has 4 atom stereocenters. The van der Waals surface area contributed by atoms with Crippen LogP contribution in [0.2, 0.25) is 0 Å². The number of carbonyl (C=O) groups excluding carboxylic acids is 2. The Kier molecular flexibility index (Phi) is 7.85. The second-order valence-electron chi connectivity index (χ2n) is 10.7. The molecular weight excluding hydrogens is 426 g/mol. The van der Waals surface area contributed by atoms with Gasteiger partial charge in [0.2, 0.25) is 11.8 Å². The highest BCUT2D eigenvalue weighted by molar-refractivity contribution is 5.77. The first-order valence-corrected chi connectivity index (χ1v) is 13.6. The Balaban J connectivity index is 1.26. The number of carbonyl (C=O) groups is 2. The molecule has 6 nitrogen and oxygen atoms in total. The third kappa shape index (κ3) is 5.33. The number of aryl methyl sites for hydroxylation is 1. The van der Waals surface area contributed by atoms with Crippen LogP contribution in [-0.2, 0) is 20.7 Å². The minimum Gasteiger partial charge on any atom is -0.378 e. The van der Waals surface area contributed by atoms with Crippen LogP contribution in [0.15, 0.2) is 30.3 Å². The molecular formula is C28H41N3O3. The molecule has 186 valence electrons. The van der Waals surface area contributed by atoms with E-state index in [1.807, 2.05) is 11.0 Å². The molecule has 0 spiro atoms. The van der Waals surface area contributed by atoms with Crippen molar-refractivity contribution < 1.29 is 14.3 Å². The molecule has 0 aliphatic carbocycles. The first-order valence-electron chi connectivity index (χ1n) is 13.6. The highest BCUT2D eigenvalue weighted by Crippen LogP contribution is 2.43. The number of amides is 2. The molecule has 0 N–H and O–H groups in total. The topological polar surface area (TPSA) is 53.1 Å². The van der Waals surface area contributed by atoms with E-state index in [1.54, 1.807) is 0 Å². The lowest BCUT2D eigenvalue weighted by molar-refractivity contribution is -0.146. The van der Waals surface area contributed by atoms with Crippen LogP contribution in [-0.4, -0.2) is 84.5 Å². The van der Waals surface area contributed by atoms with Crippen LogP contribution in [0.1, 0.15) is 56.9 Å². The Labute approximate surface area is 204 Å². The van der Waals surface area contributed by atoms with Gasteiger partial charge in [-0.3, -0.25) is 14.5 Å². The molecule has 4 fully saturated rings. The van der Waals surface area contributed by atoms with E-state index in [9.17, 15) is 9.59 Å². The normalized spacial score (nSPS) is 29.5. The summed E-state index contributed by atoms with van der Waals surface area (Å²) in [4.78, 5) is 33.3. The highest BCUT2D eigenvalue weighted by Gasteiger charge is 2.49. The number of rotatable bonds is 7. The van der Waals surface area contributed by atoms with Crippen LogP contribution >= 0.6 is 0 Å². The molecule has 4 saturated heterocycles. The predicted molar refractivity (Wildman–Crippen MR) is 132 cm³/mol. The summed E-state index contributed by atoms with van der Waals surface area (Å²) in [7, 11) is 0. The minimum absolute atomic E-state index is 0.252. The molecule has 0 saturated carbocycles. The van der Waals surface area contributed by atoms with Crippen molar-refractivity contribution in [3.8, 4) is 0 Å². The molecule has 0 aromatic heterocycles. The van der Waals surface area contributed by atoms with Crippen LogP contribution in [0.3, 0.4) is 0 Å². The number of benzene rings is 1. The van der Waals surface area contributed by atoms with Crippen molar-refractivity contribution in [1.82, 2.24) is 14.7 Å². The fourth-order valence-corrected chi connectivity index (χ4v) is 7.12. The zero-order chi connectivity index (χ0) is 23.3. The number of likely N-dealkylation sites (tertiary alicyclic amines) is 1. The van der Waals surface area contributed by atoms with E-state index in [2.05, 4.69) is 34.1 Å². The predicted octanol–water partition coefficient (Wildman–Crippen LogP) is 3.35. The van der Waals surface area contributed by atoms with Crippen LogP contribution in [0.25, 0.3) is 0 Å². The van der Waals surface area contributed by atoms with E-state index in [1.165, 1.54) is 44.3 Å². The van der Waals surface area contributed by atoms with Crippen molar-refractivity contribution in [3.63, 3.8) is 0 Å². The van der Waals surface area contributed by atoms with E-state index in [4.69, 9.17) is 4.74 Å². The molecule has 4 aliphatic heterocycles. The molecule has 5 rings (SSSR count). The van der Waals surface area contributed by atoms with Gasteiger partial charge < -0.3 is 14.5 Å². The second kappa shape index (κ2) is 11.2. The van der Waals surface area contributed by atoms with Gasteiger partial charge in [0.05, 0.1) is 13.2 Å². The van der Waals surface area contributed by atoms with Crippen LogP contribution in [0.5, 0.6) is 0 Å². The van der Waals surface area contributed by atoms with Crippen molar-refractivity contribution in [2.75, 3.05) is 45.9 Å². The smallest absolute Gasteiger partial charge is 0.223 e. The lowest BCUT2D eigenvalue weighted by atomic mass is 9.69. The average Bonchev–Trinajstić information content (AvgIpc) is 2.89. The molecule has 2 amide bonds. The maximum absolute atomic E-state index is 13.6. The summed E-state index contributed by atoms with van der Waals surface area (Å²) in [5, 5.41) is 0. The zero-order valence-corrected chi connectivity index (χ0v) is 20.6. The first-order chi connectivity index (χ1) is 16.7. The summed E-state index contributed by atoms with van der Waals surface area (Å²) in [6.07, 6.45) is 8.79. The monoisotopic (exact) mass is 467 g/mol. The quantitative estimate of drug-likeness (QED) is 0.617. The highest BCUT2D eigenvalue weighted by atomic mass is 16.5. The van der Waals surface area contributed by atoms with E-state index in [0.29, 0.717) is 62.9 Å². The number of ether oxygens (including phenoxy) is 1. The van der Waals surface area contributed by atoms with Crippen LogP contribution in [0, 0.1) is 11.8 Å². The van der Waals surface area contributed by atoms with Gasteiger partial charge in [0.15, 0.2) is 0 Å². The Morgan fingerprint density at radius 1 is 0.912 bits per heavy atom. The van der Waals surface area contributed by atoms with Gasteiger partial charge in [0.1, 0.15) is 0 Å². The molecule has 0 bridgehead atoms.